The number of rotatable bonds is 8. The van der Waals surface area contributed by atoms with Crippen molar-refractivity contribution in [3.05, 3.63) is 0 Å². The highest BCUT2D eigenvalue weighted by atomic mass is 16.6. The van der Waals surface area contributed by atoms with Crippen molar-refractivity contribution in [1.29, 1.82) is 0 Å². The molecule has 0 aliphatic heterocycles. The van der Waals surface area contributed by atoms with Gasteiger partial charge in [-0.15, -0.1) is 0 Å². The van der Waals surface area contributed by atoms with Crippen LogP contribution in [-0.2, 0) is 14.2 Å². The lowest BCUT2D eigenvalue weighted by Crippen LogP contribution is -2.23. The summed E-state index contributed by atoms with van der Waals surface area (Å²) in [6.45, 7) is 10.8. The van der Waals surface area contributed by atoms with Crippen molar-refractivity contribution in [3.8, 4) is 0 Å². The summed E-state index contributed by atoms with van der Waals surface area (Å²) < 4.78 is 16.1. The maximum Gasteiger partial charge on any atom is 0.0781 e. The number of aliphatic hydroxyl groups excluding tert-OH is 1. The summed E-state index contributed by atoms with van der Waals surface area (Å²) in [4.78, 5) is 0. The molecule has 2 atom stereocenters. The Morgan fingerprint density at radius 2 is 1.40 bits per heavy atom. The number of hydrogen-bond acceptors (Lipinski definition) is 4. The summed E-state index contributed by atoms with van der Waals surface area (Å²) in [5.41, 5.74) is 0. The molecule has 0 heterocycles. The molecule has 0 aliphatic carbocycles. The van der Waals surface area contributed by atoms with Gasteiger partial charge in [0, 0.05) is 20.3 Å². The second-order valence-corrected chi connectivity index (χ2v) is 3.07. The molecule has 0 radical (unpaired) electrons. The minimum atomic E-state index is 0.155. The SMILES string of the molecule is CCOCC(C)OCC(C)OCC.CO. The van der Waals surface area contributed by atoms with Gasteiger partial charge in [-0.2, -0.15) is 0 Å². The molecular weight excluding hydrogens is 196 g/mol. The molecular formula is C11H26O4. The van der Waals surface area contributed by atoms with Crippen LogP contribution >= 0.6 is 0 Å². The lowest BCUT2D eigenvalue weighted by Gasteiger charge is -2.16. The van der Waals surface area contributed by atoms with Crippen molar-refractivity contribution in [2.24, 2.45) is 0 Å². The smallest absolute Gasteiger partial charge is 0.0781 e. The average Bonchev–Trinajstić information content (AvgIpc) is 2.26. The third-order valence-corrected chi connectivity index (χ3v) is 1.62. The summed E-state index contributed by atoms with van der Waals surface area (Å²) in [7, 11) is 1.00. The van der Waals surface area contributed by atoms with Crippen molar-refractivity contribution in [1.82, 2.24) is 0 Å². The normalized spacial score (nSPS) is 14.0. The fourth-order valence-electron chi connectivity index (χ4n) is 0.964. The second kappa shape index (κ2) is 13.8. The first kappa shape index (κ1) is 17.2. The lowest BCUT2D eigenvalue weighted by molar-refractivity contribution is -0.0533. The second-order valence-electron chi connectivity index (χ2n) is 3.07. The van der Waals surface area contributed by atoms with Crippen molar-refractivity contribution < 1.29 is 19.3 Å². The van der Waals surface area contributed by atoms with E-state index in [0.29, 0.717) is 13.2 Å². The Balaban J connectivity index is 0. The van der Waals surface area contributed by atoms with Gasteiger partial charge in [0.05, 0.1) is 25.4 Å². The van der Waals surface area contributed by atoms with Crippen molar-refractivity contribution in [3.63, 3.8) is 0 Å². The molecule has 0 aromatic heterocycles. The van der Waals surface area contributed by atoms with Crippen LogP contribution in [0.25, 0.3) is 0 Å². The largest absolute Gasteiger partial charge is 0.400 e. The van der Waals surface area contributed by atoms with Gasteiger partial charge in [-0.3, -0.25) is 0 Å². The summed E-state index contributed by atoms with van der Waals surface area (Å²) in [6, 6.07) is 0. The van der Waals surface area contributed by atoms with Crippen molar-refractivity contribution in [2.45, 2.75) is 39.9 Å². The Hall–Kier alpha value is -0.160. The zero-order valence-electron chi connectivity index (χ0n) is 10.7. The molecule has 2 unspecified atom stereocenters. The van der Waals surface area contributed by atoms with E-state index >= 15 is 0 Å². The monoisotopic (exact) mass is 222 g/mol. The Kier molecular flexibility index (Phi) is 15.9. The lowest BCUT2D eigenvalue weighted by atomic mass is 10.4. The van der Waals surface area contributed by atoms with Gasteiger partial charge >= 0.3 is 0 Å². The van der Waals surface area contributed by atoms with E-state index < -0.39 is 0 Å². The minimum Gasteiger partial charge on any atom is -0.400 e. The molecule has 0 aromatic carbocycles. The van der Waals surface area contributed by atoms with Crippen LogP contribution in [0.15, 0.2) is 0 Å². The van der Waals surface area contributed by atoms with Gasteiger partial charge in [0.15, 0.2) is 0 Å². The highest BCUT2D eigenvalue weighted by Gasteiger charge is 2.05. The Morgan fingerprint density at radius 1 is 0.867 bits per heavy atom. The Morgan fingerprint density at radius 3 is 1.87 bits per heavy atom. The third kappa shape index (κ3) is 13.8. The Bertz CT molecular complexity index is 109. The molecule has 4 heteroatoms. The van der Waals surface area contributed by atoms with Gasteiger partial charge in [0.2, 0.25) is 0 Å². The molecule has 0 aliphatic rings. The van der Waals surface area contributed by atoms with Crippen LogP contribution in [0, 0.1) is 0 Å². The van der Waals surface area contributed by atoms with Crippen LogP contribution in [0.3, 0.4) is 0 Å². The molecule has 0 saturated carbocycles. The van der Waals surface area contributed by atoms with Crippen LogP contribution in [0.5, 0.6) is 0 Å². The van der Waals surface area contributed by atoms with Crippen LogP contribution in [0.2, 0.25) is 0 Å². The maximum atomic E-state index is 7.00. The molecule has 94 valence electrons. The molecule has 4 nitrogen and oxygen atoms in total. The first-order valence-corrected chi connectivity index (χ1v) is 5.46. The Labute approximate surface area is 93.5 Å². The molecule has 1 N–H and O–H groups in total. The number of hydrogen-bond donors (Lipinski definition) is 1. The predicted molar refractivity (Wildman–Crippen MR) is 61.1 cm³/mol. The molecule has 0 saturated heterocycles. The zero-order valence-corrected chi connectivity index (χ0v) is 10.7. The quantitative estimate of drug-likeness (QED) is 0.675. The van der Waals surface area contributed by atoms with E-state index in [0.717, 1.165) is 20.3 Å². The number of aliphatic hydroxyl groups is 1. The molecule has 0 amide bonds. The highest BCUT2D eigenvalue weighted by molar-refractivity contribution is 4.51. The van der Waals surface area contributed by atoms with E-state index in [-0.39, 0.29) is 12.2 Å². The van der Waals surface area contributed by atoms with Crippen LogP contribution in [0.1, 0.15) is 27.7 Å². The fourth-order valence-corrected chi connectivity index (χ4v) is 0.964. The average molecular weight is 222 g/mol. The van der Waals surface area contributed by atoms with E-state index in [2.05, 4.69) is 0 Å². The molecule has 15 heavy (non-hydrogen) atoms. The summed E-state index contributed by atoms with van der Waals surface area (Å²) >= 11 is 0. The van der Waals surface area contributed by atoms with Gasteiger partial charge < -0.3 is 19.3 Å². The summed E-state index contributed by atoms with van der Waals surface area (Å²) in [6.07, 6.45) is 0.330. The molecule has 0 spiro atoms. The van der Waals surface area contributed by atoms with Crippen LogP contribution in [0.4, 0.5) is 0 Å². The molecule has 0 aromatic rings. The van der Waals surface area contributed by atoms with E-state index in [1.165, 1.54) is 0 Å². The predicted octanol–water partition coefficient (Wildman–Crippen LogP) is 1.46. The van der Waals surface area contributed by atoms with Crippen molar-refractivity contribution in [2.75, 3.05) is 33.5 Å². The van der Waals surface area contributed by atoms with Gasteiger partial charge in [0.25, 0.3) is 0 Å². The molecule has 0 fully saturated rings. The topological polar surface area (TPSA) is 47.9 Å². The van der Waals surface area contributed by atoms with Gasteiger partial charge in [0.1, 0.15) is 0 Å². The highest BCUT2D eigenvalue weighted by Crippen LogP contribution is 1.97. The third-order valence-electron chi connectivity index (χ3n) is 1.62. The van der Waals surface area contributed by atoms with E-state index in [4.69, 9.17) is 19.3 Å². The molecule has 0 bridgehead atoms. The molecule has 0 rings (SSSR count). The standard InChI is InChI=1S/C10H22O3.CH4O/c1-5-11-7-9(3)13-8-10(4)12-6-2;1-2/h9-10H,5-8H2,1-4H3;2H,1H3. The van der Waals surface area contributed by atoms with E-state index in [1.54, 1.807) is 0 Å². The van der Waals surface area contributed by atoms with E-state index in [1.807, 2.05) is 27.7 Å². The van der Waals surface area contributed by atoms with Crippen LogP contribution in [-0.4, -0.2) is 50.9 Å². The summed E-state index contributed by atoms with van der Waals surface area (Å²) in [5, 5.41) is 7.00. The van der Waals surface area contributed by atoms with Gasteiger partial charge in [-0.1, -0.05) is 0 Å². The van der Waals surface area contributed by atoms with E-state index in [9.17, 15) is 0 Å². The zero-order chi connectivity index (χ0) is 12.1. The van der Waals surface area contributed by atoms with Gasteiger partial charge in [-0.05, 0) is 27.7 Å². The van der Waals surface area contributed by atoms with Crippen molar-refractivity contribution >= 4 is 0 Å². The first-order valence-electron chi connectivity index (χ1n) is 5.46. The fraction of sp³-hybridized carbons (Fsp3) is 1.00. The van der Waals surface area contributed by atoms with Gasteiger partial charge in [-0.25, -0.2) is 0 Å². The number of ether oxygens (including phenoxy) is 3. The minimum absolute atomic E-state index is 0.155. The van der Waals surface area contributed by atoms with Crippen LogP contribution < -0.4 is 0 Å². The maximum absolute atomic E-state index is 7.00. The first-order chi connectivity index (χ1) is 7.20. The summed E-state index contributed by atoms with van der Waals surface area (Å²) in [5.74, 6) is 0.